The van der Waals surface area contributed by atoms with Gasteiger partial charge in [0.15, 0.2) is 0 Å². The summed E-state index contributed by atoms with van der Waals surface area (Å²) in [7, 11) is 0. The Kier molecular flexibility index (Phi) is 3.27. The maximum absolute atomic E-state index is 6.31. The third kappa shape index (κ3) is 2.37. The lowest BCUT2D eigenvalue weighted by Crippen LogP contribution is -2.14. The second-order valence-electron chi connectivity index (χ2n) is 4.33. The molecule has 4 heteroatoms. The number of fused-ring (bicyclic) bond motifs is 1. The highest BCUT2D eigenvalue weighted by molar-refractivity contribution is 9.10. The standard InChI is InChI=1S/C15H12BrN3/c16-11-5-6-14(19-8-11)15(17)13-9-18-7-10-3-1-2-4-12(10)13/h1-9,15H,17H2. The van der Waals surface area contributed by atoms with Crippen molar-refractivity contribution < 1.29 is 0 Å². The highest BCUT2D eigenvalue weighted by atomic mass is 79.9. The Morgan fingerprint density at radius 1 is 1.00 bits per heavy atom. The Labute approximate surface area is 119 Å². The molecule has 0 spiro atoms. The Hall–Kier alpha value is -1.78. The molecule has 1 unspecified atom stereocenters. The molecule has 19 heavy (non-hydrogen) atoms. The predicted octanol–water partition coefficient (Wildman–Crippen LogP) is 3.44. The summed E-state index contributed by atoms with van der Waals surface area (Å²) >= 11 is 3.37. The fourth-order valence-electron chi connectivity index (χ4n) is 2.12. The van der Waals surface area contributed by atoms with Gasteiger partial charge in [0.25, 0.3) is 0 Å². The van der Waals surface area contributed by atoms with Crippen molar-refractivity contribution in [3.63, 3.8) is 0 Å². The first-order valence-electron chi connectivity index (χ1n) is 5.95. The van der Waals surface area contributed by atoms with E-state index in [9.17, 15) is 0 Å². The molecule has 1 atom stereocenters. The van der Waals surface area contributed by atoms with Crippen molar-refractivity contribution >= 4 is 26.7 Å². The summed E-state index contributed by atoms with van der Waals surface area (Å²) in [5.74, 6) is 0. The molecule has 2 N–H and O–H groups in total. The quantitative estimate of drug-likeness (QED) is 0.788. The van der Waals surface area contributed by atoms with Gasteiger partial charge in [-0.2, -0.15) is 0 Å². The minimum atomic E-state index is -0.272. The highest BCUT2D eigenvalue weighted by Crippen LogP contribution is 2.25. The number of halogens is 1. The summed E-state index contributed by atoms with van der Waals surface area (Å²) < 4.78 is 0.944. The Morgan fingerprint density at radius 3 is 2.63 bits per heavy atom. The van der Waals surface area contributed by atoms with Crippen LogP contribution >= 0.6 is 15.9 Å². The van der Waals surface area contributed by atoms with Crippen LogP contribution in [0.4, 0.5) is 0 Å². The number of rotatable bonds is 2. The minimum absolute atomic E-state index is 0.272. The van der Waals surface area contributed by atoms with Gasteiger partial charge in [0.05, 0.1) is 11.7 Å². The van der Waals surface area contributed by atoms with E-state index >= 15 is 0 Å². The molecule has 0 bridgehead atoms. The zero-order chi connectivity index (χ0) is 13.2. The van der Waals surface area contributed by atoms with E-state index in [1.165, 1.54) is 0 Å². The van der Waals surface area contributed by atoms with Crippen LogP contribution in [0.3, 0.4) is 0 Å². The molecule has 3 aromatic rings. The molecule has 0 saturated carbocycles. The number of hydrogen-bond donors (Lipinski definition) is 1. The summed E-state index contributed by atoms with van der Waals surface area (Å²) in [5.41, 5.74) is 8.14. The first-order valence-corrected chi connectivity index (χ1v) is 6.74. The van der Waals surface area contributed by atoms with E-state index in [2.05, 4.69) is 32.0 Å². The van der Waals surface area contributed by atoms with Gasteiger partial charge >= 0.3 is 0 Å². The van der Waals surface area contributed by atoms with Gasteiger partial charge < -0.3 is 5.73 Å². The maximum atomic E-state index is 6.31. The largest absolute Gasteiger partial charge is 0.319 e. The van der Waals surface area contributed by atoms with Crippen LogP contribution in [0.15, 0.2) is 59.5 Å². The van der Waals surface area contributed by atoms with Crippen molar-refractivity contribution in [1.82, 2.24) is 9.97 Å². The second kappa shape index (κ2) is 5.07. The number of aromatic nitrogens is 2. The van der Waals surface area contributed by atoms with Crippen molar-refractivity contribution in [2.45, 2.75) is 6.04 Å². The third-order valence-corrected chi connectivity index (χ3v) is 3.57. The fraction of sp³-hybridized carbons (Fsp3) is 0.0667. The monoisotopic (exact) mass is 313 g/mol. The van der Waals surface area contributed by atoms with Crippen LogP contribution in [-0.4, -0.2) is 9.97 Å². The smallest absolute Gasteiger partial charge is 0.0747 e. The van der Waals surface area contributed by atoms with Gasteiger partial charge in [0.2, 0.25) is 0 Å². The van der Waals surface area contributed by atoms with E-state index in [0.29, 0.717) is 0 Å². The number of hydrogen-bond acceptors (Lipinski definition) is 3. The zero-order valence-corrected chi connectivity index (χ0v) is 11.7. The van der Waals surface area contributed by atoms with Crippen molar-refractivity contribution in [2.75, 3.05) is 0 Å². The van der Waals surface area contributed by atoms with Crippen molar-refractivity contribution in [1.29, 1.82) is 0 Å². The van der Waals surface area contributed by atoms with E-state index in [1.807, 2.05) is 42.7 Å². The molecular weight excluding hydrogens is 302 g/mol. The molecule has 2 heterocycles. The van der Waals surface area contributed by atoms with Crippen LogP contribution in [0, 0.1) is 0 Å². The lowest BCUT2D eigenvalue weighted by atomic mass is 10.00. The number of nitrogens with zero attached hydrogens (tertiary/aromatic N) is 2. The van der Waals surface area contributed by atoms with Crippen LogP contribution in [0.2, 0.25) is 0 Å². The fourth-order valence-corrected chi connectivity index (χ4v) is 2.35. The van der Waals surface area contributed by atoms with Gasteiger partial charge in [-0.15, -0.1) is 0 Å². The van der Waals surface area contributed by atoms with Crippen molar-refractivity contribution in [3.8, 4) is 0 Å². The molecule has 0 aliphatic rings. The lowest BCUT2D eigenvalue weighted by molar-refractivity contribution is 0.830. The van der Waals surface area contributed by atoms with E-state index < -0.39 is 0 Å². The summed E-state index contributed by atoms with van der Waals surface area (Å²) in [6, 6.07) is 11.7. The first kappa shape index (κ1) is 12.3. The summed E-state index contributed by atoms with van der Waals surface area (Å²) in [6.07, 6.45) is 5.42. The number of benzene rings is 1. The average Bonchev–Trinajstić information content (AvgIpc) is 2.47. The van der Waals surface area contributed by atoms with Gasteiger partial charge in [-0.1, -0.05) is 24.3 Å². The Balaban J connectivity index is 2.11. The lowest BCUT2D eigenvalue weighted by Gasteiger charge is -2.13. The molecular formula is C15H12BrN3. The molecule has 0 fully saturated rings. The summed E-state index contributed by atoms with van der Waals surface area (Å²) in [4.78, 5) is 8.62. The van der Waals surface area contributed by atoms with Gasteiger partial charge in [0.1, 0.15) is 0 Å². The zero-order valence-electron chi connectivity index (χ0n) is 10.1. The normalized spacial score (nSPS) is 12.5. The SMILES string of the molecule is NC(c1ccc(Br)cn1)c1cncc2ccccc12. The predicted molar refractivity (Wildman–Crippen MR) is 79.7 cm³/mol. The highest BCUT2D eigenvalue weighted by Gasteiger charge is 2.13. The third-order valence-electron chi connectivity index (χ3n) is 3.10. The van der Waals surface area contributed by atoms with Crippen molar-refractivity contribution in [2.24, 2.45) is 5.73 Å². The Morgan fingerprint density at radius 2 is 1.84 bits per heavy atom. The van der Waals surface area contributed by atoms with Gasteiger partial charge in [-0.3, -0.25) is 9.97 Å². The van der Waals surface area contributed by atoms with Gasteiger partial charge in [-0.25, -0.2) is 0 Å². The molecule has 0 aliphatic carbocycles. The maximum Gasteiger partial charge on any atom is 0.0747 e. The van der Waals surface area contributed by atoms with E-state index in [-0.39, 0.29) is 6.04 Å². The van der Waals surface area contributed by atoms with Gasteiger partial charge in [0, 0.05) is 34.0 Å². The van der Waals surface area contributed by atoms with Gasteiger partial charge in [-0.05, 0) is 33.4 Å². The summed E-state index contributed by atoms with van der Waals surface area (Å²) in [5, 5.41) is 2.21. The van der Waals surface area contributed by atoms with Crippen LogP contribution < -0.4 is 5.73 Å². The molecule has 0 aliphatic heterocycles. The summed E-state index contributed by atoms with van der Waals surface area (Å²) in [6.45, 7) is 0. The number of pyridine rings is 2. The topological polar surface area (TPSA) is 51.8 Å². The average molecular weight is 314 g/mol. The van der Waals surface area contributed by atoms with E-state index in [0.717, 1.165) is 26.5 Å². The molecule has 3 nitrogen and oxygen atoms in total. The number of nitrogens with two attached hydrogens (primary N) is 1. The van der Waals surface area contributed by atoms with Crippen LogP contribution in [0.5, 0.6) is 0 Å². The molecule has 3 rings (SSSR count). The molecule has 0 saturated heterocycles. The Bertz CT molecular complexity index is 705. The molecule has 94 valence electrons. The molecule has 0 amide bonds. The van der Waals surface area contributed by atoms with E-state index in [4.69, 9.17) is 5.73 Å². The second-order valence-corrected chi connectivity index (χ2v) is 5.24. The van der Waals surface area contributed by atoms with Crippen LogP contribution in [0.25, 0.3) is 10.8 Å². The van der Waals surface area contributed by atoms with Crippen LogP contribution in [-0.2, 0) is 0 Å². The minimum Gasteiger partial charge on any atom is -0.319 e. The molecule has 0 radical (unpaired) electrons. The van der Waals surface area contributed by atoms with Crippen molar-refractivity contribution in [3.05, 3.63) is 70.7 Å². The van der Waals surface area contributed by atoms with Crippen LogP contribution in [0.1, 0.15) is 17.3 Å². The molecule has 1 aromatic carbocycles. The van der Waals surface area contributed by atoms with E-state index in [1.54, 1.807) is 6.20 Å². The molecule has 2 aromatic heterocycles. The first-order chi connectivity index (χ1) is 9.25.